The van der Waals surface area contributed by atoms with Crippen LogP contribution < -0.4 is 10.6 Å². The van der Waals surface area contributed by atoms with Gasteiger partial charge in [0.2, 0.25) is 15.9 Å². The zero-order chi connectivity index (χ0) is 25.6. The van der Waals surface area contributed by atoms with E-state index in [-0.39, 0.29) is 42.0 Å². The molecular weight excluding hydrogens is 483 g/mol. The maximum atomic E-state index is 12.9. The van der Waals surface area contributed by atoms with Crippen molar-refractivity contribution in [3.8, 4) is 0 Å². The van der Waals surface area contributed by atoms with Crippen molar-refractivity contribution in [1.29, 1.82) is 0 Å². The fourth-order valence-electron chi connectivity index (χ4n) is 3.71. The van der Waals surface area contributed by atoms with E-state index < -0.39 is 27.7 Å². The van der Waals surface area contributed by atoms with E-state index in [2.05, 4.69) is 17.2 Å². The molecule has 1 aliphatic rings. The summed E-state index contributed by atoms with van der Waals surface area (Å²) < 4.78 is 65.1. The van der Waals surface area contributed by atoms with Gasteiger partial charge in [0.25, 0.3) is 5.91 Å². The molecule has 0 atom stereocenters. The van der Waals surface area contributed by atoms with Crippen LogP contribution in [0.1, 0.15) is 34.3 Å². The van der Waals surface area contributed by atoms with Crippen LogP contribution in [0, 0.1) is 0 Å². The Balaban J connectivity index is 1.52. The van der Waals surface area contributed by atoms with Crippen LogP contribution in [0.15, 0.2) is 66.1 Å². The van der Waals surface area contributed by atoms with Crippen molar-refractivity contribution in [1.82, 2.24) is 14.9 Å². The Bertz CT molecular complexity index is 1160. The van der Waals surface area contributed by atoms with Gasteiger partial charge in [-0.3, -0.25) is 9.59 Å². The van der Waals surface area contributed by atoms with Crippen LogP contribution in [0.2, 0.25) is 0 Å². The summed E-state index contributed by atoms with van der Waals surface area (Å²) in [5, 5.41) is 5.44. The predicted molar refractivity (Wildman–Crippen MR) is 124 cm³/mol. The van der Waals surface area contributed by atoms with Crippen LogP contribution >= 0.6 is 0 Å². The molecule has 188 valence electrons. The number of amides is 2. The third kappa shape index (κ3) is 6.92. The lowest BCUT2D eigenvalue weighted by atomic mass is 10.1. The van der Waals surface area contributed by atoms with Crippen LogP contribution in [-0.4, -0.2) is 50.2 Å². The zero-order valence-electron chi connectivity index (χ0n) is 18.8. The van der Waals surface area contributed by atoms with Gasteiger partial charge in [-0.1, -0.05) is 18.7 Å². The zero-order valence-corrected chi connectivity index (χ0v) is 19.7. The average molecular weight is 510 g/mol. The van der Waals surface area contributed by atoms with Crippen molar-refractivity contribution in [2.75, 3.05) is 19.6 Å². The fourth-order valence-corrected chi connectivity index (χ4v) is 5.18. The van der Waals surface area contributed by atoms with Gasteiger partial charge in [-0.25, -0.2) is 8.42 Å². The molecular formula is C24H26F3N3O4S. The number of rotatable bonds is 8. The Morgan fingerprint density at radius 3 is 2.17 bits per heavy atom. The molecule has 0 radical (unpaired) electrons. The molecule has 3 rings (SSSR count). The Morgan fingerprint density at radius 2 is 1.63 bits per heavy atom. The van der Waals surface area contributed by atoms with Crippen LogP contribution in [0.3, 0.4) is 0 Å². The van der Waals surface area contributed by atoms with Gasteiger partial charge in [-0.2, -0.15) is 17.5 Å². The van der Waals surface area contributed by atoms with E-state index in [1.165, 1.54) is 46.8 Å². The second-order valence-corrected chi connectivity index (χ2v) is 10.1. The SMILES string of the molecule is C=CC(=O)NC1CCN(S(=O)(=O)c2ccc(C(=O)NCCc3ccc(C(F)(F)F)cc3)cc2)CC1. The Hall–Kier alpha value is -3.18. The molecule has 1 aliphatic heterocycles. The number of nitrogens with zero attached hydrogens (tertiary/aromatic N) is 1. The lowest BCUT2D eigenvalue weighted by molar-refractivity contribution is -0.137. The van der Waals surface area contributed by atoms with Gasteiger partial charge in [0.05, 0.1) is 10.5 Å². The number of hydrogen-bond donors (Lipinski definition) is 2. The summed E-state index contributed by atoms with van der Waals surface area (Å²) in [5.41, 5.74) is 0.180. The van der Waals surface area contributed by atoms with Gasteiger partial charge in [-0.15, -0.1) is 0 Å². The van der Waals surface area contributed by atoms with Gasteiger partial charge in [-0.05, 0) is 67.3 Å². The first-order valence-corrected chi connectivity index (χ1v) is 12.4. The molecule has 35 heavy (non-hydrogen) atoms. The highest BCUT2D eigenvalue weighted by molar-refractivity contribution is 7.89. The summed E-state index contributed by atoms with van der Waals surface area (Å²) in [6, 6.07) is 10.2. The first-order valence-electron chi connectivity index (χ1n) is 11.0. The van der Waals surface area contributed by atoms with E-state index in [0.717, 1.165) is 12.1 Å². The molecule has 0 aromatic heterocycles. The molecule has 1 heterocycles. The number of carbonyl (C=O) groups excluding carboxylic acids is 2. The van der Waals surface area contributed by atoms with Crippen LogP contribution in [-0.2, 0) is 27.4 Å². The summed E-state index contributed by atoms with van der Waals surface area (Å²) >= 11 is 0. The molecule has 2 amide bonds. The van der Waals surface area contributed by atoms with E-state index in [1.54, 1.807) is 0 Å². The van der Waals surface area contributed by atoms with Gasteiger partial charge < -0.3 is 10.6 Å². The molecule has 0 saturated carbocycles. The molecule has 2 aromatic carbocycles. The second kappa shape index (κ2) is 11.0. The molecule has 0 aliphatic carbocycles. The molecule has 2 aromatic rings. The summed E-state index contributed by atoms with van der Waals surface area (Å²) in [5.74, 6) is -0.709. The number of nitrogens with one attached hydrogen (secondary N) is 2. The minimum absolute atomic E-state index is 0.0624. The molecule has 0 spiro atoms. The number of hydrogen-bond acceptors (Lipinski definition) is 4. The Morgan fingerprint density at radius 1 is 1.03 bits per heavy atom. The number of carbonyl (C=O) groups is 2. The largest absolute Gasteiger partial charge is 0.416 e. The van der Waals surface area contributed by atoms with Gasteiger partial charge in [0.15, 0.2) is 0 Å². The highest BCUT2D eigenvalue weighted by Crippen LogP contribution is 2.29. The lowest BCUT2D eigenvalue weighted by Crippen LogP contribution is -2.46. The molecule has 1 saturated heterocycles. The number of benzene rings is 2. The van der Waals surface area contributed by atoms with E-state index >= 15 is 0 Å². The van der Waals surface area contributed by atoms with Crippen molar-refractivity contribution in [3.63, 3.8) is 0 Å². The third-order valence-corrected chi connectivity index (χ3v) is 7.63. The minimum Gasteiger partial charge on any atom is -0.352 e. The van der Waals surface area contributed by atoms with Crippen LogP contribution in [0.25, 0.3) is 0 Å². The Kier molecular flexibility index (Phi) is 8.34. The van der Waals surface area contributed by atoms with Gasteiger partial charge >= 0.3 is 6.18 Å². The molecule has 7 nitrogen and oxygen atoms in total. The van der Waals surface area contributed by atoms with Crippen molar-refractivity contribution in [2.24, 2.45) is 0 Å². The summed E-state index contributed by atoms with van der Waals surface area (Å²) in [6.07, 6.45) is -1.91. The number of sulfonamides is 1. The van der Waals surface area contributed by atoms with E-state index in [1.807, 2.05) is 0 Å². The third-order valence-electron chi connectivity index (χ3n) is 5.72. The summed E-state index contributed by atoms with van der Waals surface area (Å²) in [4.78, 5) is 23.9. The summed E-state index contributed by atoms with van der Waals surface area (Å²) in [6.45, 7) is 4.13. The predicted octanol–water partition coefficient (Wildman–Crippen LogP) is 3.13. The first-order chi connectivity index (χ1) is 16.5. The molecule has 1 fully saturated rings. The standard InChI is InChI=1S/C24H26F3N3O4S/c1-2-22(31)29-20-12-15-30(16-13-20)35(33,34)21-9-5-18(6-10-21)23(32)28-14-11-17-3-7-19(8-4-17)24(25,26)27/h2-10,20H,1,11-16H2,(H,28,32)(H,29,31). The highest BCUT2D eigenvalue weighted by atomic mass is 32.2. The topological polar surface area (TPSA) is 95.6 Å². The van der Waals surface area contributed by atoms with E-state index in [0.29, 0.717) is 24.8 Å². The molecule has 0 bridgehead atoms. The smallest absolute Gasteiger partial charge is 0.352 e. The average Bonchev–Trinajstić information content (AvgIpc) is 2.84. The monoisotopic (exact) mass is 509 g/mol. The van der Waals surface area contributed by atoms with Gasteiger partial charge in [0.1, 0.15) is 0 Å². The summed E-state index contributed by atoms with van der Waals surface area (Å²) in [7, 11) is -3.74. The maximum absolute atomic E-state index is 12.9. The minimum atomic E-state index is -4.40. The number of alkyl halides is 3. The van der Waals surface area contributed by atoms with E-state index in [9.17, 15) is 31.2 Å². The molecule has 11 heteroatoms. The quantitative estimate of drug-likeness (QED) is 0.535. The van der Waals surface area contributed by atoms with E-state index in [4.69, 9.17) is 0 Å². The number of piperidine rings is 1. The fraction of sp³-hybridized carbons (Fsp3) is 0.333. The normalized spacial score (nSPS) is 15.4. The van der Waals surface area contributed by atoms with Crippen molar-refractivity contribution in [3.05, 3.63) is 77.9 Å². The second-order valence-electron chi connectivity index (χ2n) is 8.12. The van der Waals surface area contributed by atoms with Crippen molar-refractivity contribution in [2.45, 2.75) is 36.4 Å². The van der Waals surface area contributed by atoms with Crippen molar-refractivity contribution < 1.29 is 31.2 Å². The Labute approximate surface area is 202 Å². The highest BCUT2D eigenvalue weighted by Gasteiger charge is 2.30. The lowest BCUT2D eigenvalue weighted by Gasteiger charge is -2.31. The first kappa shape index (κ1) is 26.4. The van der Waals surface area contributed by atoms with Gasteiger partial charge in [0, 0.05) is 31.2 Å². The van der Waals surface area contributed by atoms with Crippen molar-refractivity contribution >= 4 is 21.8 Å². The molecule has 0 unspecified atom stereocenters. The maximum Gasteiger partial charge on any atom is 0.416 e. The van der Waals surface area contributed by atoms with Crippen LogP contribution in [0.5, 0.6) is 0 Å². The van der Waals surface area contributed by atoms with Crippen LogP contribution in [0.4, 0.5) is 13.2 Å². The molecule has 2 N–H and O–H groups in total. The number of halogens is 3.